The van der Waals surface area contributed by atoms with Crippen LogP contribution in [0.25, 0.3) is 5.57 Å². The van der Waals surface area contributed by atoms with Gasteiger partial charge in [-0.05, 0) is 36.8 Å². The maximum absolute atomic E-state index is 13.6. The molecule has 2 aliphatic heterocycles. The van der Waals surface area contributed by atoms with Crippen LogP contribution in [0.5, 0.6) is 17.2 Å². The summed E-state index contributed by atoms with van der Waals surface area (Å²) in [6.07, 6.45) is 0. The normalized spacial score (nSPS) is 15.1. The molecule has 0 bridgehead atoms. The van der Waals surface area contributed by atoms with Gasteiger partial charge in [-0.2, -0.15) is 0 Å². The first-order valence-corrected chi connectivity index (χ1v) is 10.7. The van der Waals surface area contributed by atoms with Crippen molar-refractivity contribution < 1.29 is 23.8 Å². The summed E-state index contributed by atoms with van der Waals surface area (Å²) in [5.41, 5.74) is 2.23. The highest BCUT2D eigenvalue weighted by Gasteiger charge is 2.40. The molecule has 3 aromatic carbocycles. The smallest absolute Gasteiger partial charge is 0.282 e. The lowest BCUT2D eigenvalue weighted by Gasteiger charge is -2.21. The molecule has 3 aromatic rings. The Bertz CT molecular complexity index is 1250. The highest BCUT2D eigenvalue weighted by atomic mass is 16.6. The van der Waals surface area contributed by atoms with Gasteiger partial charge < -0.3 is 19.5 Å². The van der Waals surface area contributed by atoms with Gasteiger partial charge in [0.2, 0.25) is 0 Å². The molecule has 0 spiro atoms. The van der Waals surface area contributed by atoms with Crippen molar-refractivity contribution in [2.24, 2.45) is 0 Å². The van der Waals surface area contributed by atoms with Crippen molar-refractivity contribution in [2.45, 2.75) is 6.92 Å². The Balaban J connectivity index is 1.55. The van der Waals surface area contributed by atoms with Gasteiger partial charge in [-0.3, -0.25) is 9.59 Å². The number of carbonyl (C=O) groups excluding carboxylic acids is 2. The molecule has 166 valence electrons. The molecule has 7 nitrogen and oxygen atoms in total. The second-order valence-corrected chi connectivity index (χ2v) is 7.48. The molecule has 0 fully saturated rings. The maximum Gasteiger partial charge on any atom is 0.282 e. The summed E-state index contributed by atoms with van der Waals surface area (Å²) >= 11 is 0. The predicted molar refractivity (Wildman–Crippen MR) is 125 cm³/mol. The number of anilines is 2. The van der Waals surface area contributed by atoms with Gasteiger partial charge in [0, 0.05) is 17.8 Å². The van der Waals surface area contributed by atoms with Gasteiger partial charge in [0.25, 0.3) is 11.8 Å². The van der Waals surface area contributed by atoms with E-state index >= 15 is 0 Å². The van der Waals surface area contributed by atoms with Gasteiger partial charge in [-0.15, -0.1) is 0 Å². The van der Waals surface area contributed by atoms with E-state index in [1.807, 2.05) is 55.5 Å². The second-order valence-electron chi connectivity index (χ2n) is 7.48. The summed E-state index contributed by atoms with van der Waals surface area (Å²) in [4.78, 5) is 28.3. The van der Waals surface area contributed by atoms with Crippen molar-refractivity contribution in [2.75, 3.05) is 30.0 Å². The lowest BCUT2D eigenvalue weighted by Crippen LogP contribution is -2.32. The quantitative estimate of drug-likeness (QED) is 0.575. The number of hydrogen-bond donors (Lipinski definition) is 1. The molecule has 2 heterocycles. The summed E-state index contributed by atoms with van der Waals surface area (Å²) in [5, 5.41) is 3.16. The fourth-order valence-corrected chi connectivity index (χ4v) is 3.90. The molecule has 5 rings (SSSR count). The van der Waals surface area contributed by atoms with Crippen LogP contribution in [0.4, 0.5) is 11.4 Å². The number of benzene rings is 3. The van der Waals surface area contributed by atoms with E-state index < -0.39 is 11.8 Å². The molecule has 2 amide bonds. The number of nitrogens with one attached hydrogen (secondary N) is 1. The highest BCUT2D eigenvalue weighted by Crippen LogP contribution is 2.38. The van der Waals surface area contributed by atoms with Crippen LogP contribution in [0.15, 0.2) is 78.5 Å². The van der Waals surface area contributed by atoms with Crippen LogP contribution >= 0.6 is 0 Å². The number of ether oxygens (including phenoxy) is 3. The summed E-state index contributed by atoms with van der Waals surface area (Å²) in [5.74, 6) is 0.909. The molecular formula is C26H22N2O5. The summed E-state index contributed by atoms with van der Waals surface area (Å²) < 4.78 is 16.8. The Kier molecular flexibility index (Phi) is 5.44. The van der Waals surface area contributed by atoms with E-state index in [1.54, 1.807) is 24.3 Å². The summed E-state index contributed by atoms with van der Waals surface area (Å²) in [6.45, 7) is 3.30. The molecule has 0 saturated heterocycles. The number of imide groups is 1. The van der Waals surface area contributed by atoms with Crippen molar-refractivity contribution in [3.05, 3.63) is 84.1 Å². The molecule has 0 radical (unpaired) electrons. The third-order valence-electron chi connectivity index (χ3n) is 5.34. The number of rotatable bonds is 6. The molecule has 0 atom stereocenters. The zero-order valence-corrected chi connectivity index (χ0v) is 18.0. The lowest BCUT2D eigenvalue weighted by molar-refractivity contribution is -0.120. The topological polar surface area (TPSA) is 77.1 Å². The van der Waals surface area contributed by atoms with Gasteiger partial charge >= 0.3 is 0 Å². The number of amides is 2. The fraction of sp³-hybridized carbons (Fsp3) is 0.154. The van der Waals surface area contributed by atoms with Crippen LogP contribution in [0, 0.1) is 0 Å². The standard InChI is InChI=1S/C26H22N2O5/c1-2-31-20-10-6-9-18(15-20)27-24-23(17-7-4-3-5-8-17)25(29)28(26(24)30)19-11-12-21-22(16-19)33-14-13-32-21/h3-12,15-16,27H,2,13-14H2,1H3. The zero-order chi connectivity index (χ0) is 22.8. The predicted octanol–water partition coefficient (Wildman–Crippen LogP) is 4.25. The zero-order valence-electron chi connectivity index (χ0n) is 18.0. The first-order chi connectivity index (χ1) is 16.2. The molecule has 2 aliphatic rings. The summed E-state index contributed by atoms with van der Waals surface area (Å²) in [6, 6.07) is 21.5. The molecule has 1 N–H and O–H groups in total. The molecule has 0 aliphatic carbocycles. The average Bonchev–Trinajstić information content (AvgIpc) is 3.09. The van der Waals surface area contributed by atoms with Gasteiger partial charge in [0.05, 0.1) is 17.9 Å². The molecule has 0 aromatic heterocycles. The largest absolute Gasteiger partial charge is 0.494 e. The van der Waals surface area contributed by atoms with Crippen LogP contribution in [-0.4, -0.2) is 31.6 Å². The Morgan fingerprint density at radius 1 is 0.879 bits per heavy atom. The molecule has 0 saturated carbocycles. The first kappa shape index (κ1) is 20.6. The Morgan fingerprint density at radius 2 is 1.67 bits per heavy atom. The molecule has 7 heteroatoms. The Morgan fingerprint density at radius 3 is 2.45 bits per heavy atom. The number of hydrogen-bond acceptors (Lipinski definition) is 6. The first-order valence-electron chi connectivity index (χ1n) is 10.7. The minimum Gasteiger partial charge on any atom is -0.494 e. The van der Waals surface area contributed by atoms with E-state index in [1.165, 1.54) is 0 Å². The van der Waals surface area contributed by atoms with E-state index in [0.717, 1.165) is 4.90 Å². The van der Waals surface area contributed by atoms with Crippen LogP contribution in [0.2, 0.25) is 0 Å². The number of nitrogens with zero attached hydrogens (tertiary/aromatic N) is 1. The van der Waals surface area contributed by atoms with Crippen LogP contribution in [0.3, 0.4) is 0 Å². The van der Waals surface area contributed by atoms with Crippen molar-refractivity contribution in [1.82, 2.24) is 0 Å². The SMILES string of the molecule is CCOc1cccc(NC2=C(c3ccccc3)C(=O)N(c3ccc4c(c3)OCCO4)C2=O)c1. The fourth-order valence-electron chi connectivity index (χ4n) is 3.90. The minimum atomic E-state index is -0.447. The van der Waals surface area contributed by atoms with Gasteiger partial charge in [0.1, 0.15) is 24.7 Å². The average molecular weight is 442 g/mol. The number of fused-ring (bicyclic) bond motifs is 1. The second kappa shape index (κ2) is 8.70. The molecular weight excluding hydrogens is 420 g/mol. The Labute approximate surface area is 191 Å². The van der Waals surface area contributed by atoms with E-state index in [4.69, 9.17) is 14.2 Å². The van der Waals surface area contributed by atoms with E-state index in [2.05, 4.69) is 5.32 Å². The maximum atomic E-state index is 13.6. The van der Waals surface area contributed by atoms with Crippen molar-refractivity contribution in [3.8, 4) is 17.2 Å². The van der Waals surface area contributed by atoms with Gasteiger partial charge in [-0.25, -0.2) is 4.90 Å². The summed E-state index contributed by atoms with van der Waals surface area (Å²) in [7, 11) is 0. The van der Waals surface area contributed by atoms with Gasteiger partial charge in [-0.1, -0.05) is 36.4 Å². The van der Waals surface area contributed by atoms with E-state index in [0.29, 0.717) is 59.6 Å². The van der Waals surface area contributed by atoms with Crippen LogP contribution < -0.4 is 24.4 Å². The number of carbonyl (C=O) groups is 2. The molecule has 33 heavy (non-hydrogen) atoms. The third kappa shape index (κ3) is 3.89. The Hall–Kier alpha value is -4.26. The van der Waals surface area contributed by atoms with Crippen molar-refractivity contribution in [1.29, 1.82) is 0 Å². The highest BCUT2D eigenvalue weighted by molar-refractivity contribution is 6.46. The lowest BCUT2D eigenvalue weighted by atomic mass is 10.0. The van der Waals surface area contributed by atoms with E-state index in [-0.39, 0.29) is 5.70 Å². The van der Waals surface area contributed by atoms with E-state index in [9.17, 15) is 9.59 Å². The minimum absolute atomic E-state index is 0.203. The van der Waals surface area contributed by atoms with Crippen molar-refractivity contribution in [3.63, 3.8) is 0 Å². The molecule has 0 unspecified atom stereocenters. The monoisotopic (exact) mass is 442 g/mol. The van der Waals surface area contributed by atoms with Crippen LogP contribution in [-0.2, 0) is 9.59 Å². The van der Waals surface area contributed by atoms with Crippen LogP contribution in [0.1, 0.15) is 12.5 Å². The van der Waals surface area contributed by atoms with Crippen molar-refractivity contribution >= 4 is 28.8 Å². The third-order valence-corrected chi connectivity index (χ3v) is 5.34. The van der Waals surface area contributed by atoms with Gasteiger partial charge in [0.15, 0.2) is 11.5 Å².